The van der Waals surface area contributed by atoms with Crippen LogP contribution in [0.3, 0.4) is 0 Å². The molecule has 2 aromatic heterocycles. The molecule has 6 nitrogen and oxygen atoms in total. The largest absolute Gasteiger partial charge is 0.367 e. The molecule has 0 saturated heterocycles. The number of carbonyl (C=O) groups is 1. The Kier molecular flexibility index (Phi) is 5.17. The summed E-state index contributed by atoms with van der Waals surface area (Å²) in [5.41, 5.74) is 4.13. The summed E-state index contributed by atoms with van der Waals surface area (Å²) in [7, 11) is 0. The topological polar surface area (TPSA) is 71.0 Å². The molecule has 2 heterocycles. The van der Waals surface area contributed by atoms with Gasteiger partial charge in [-0.25, -0.2) is 14.4 Å². The van der Waals surface area contributed by atoms with Crippen molar-refractivity contribution in [2.75, 3.05) is 5.32 Å². The maximum Gasteiger partial charge on any atom is 0.254 e. The standard InChI is InChI=1S/C27H24FN5O/c28-20-3-1-2-19(12-20)27(34)33(23-7-8-23)15-22-13-18(10-11-29-22)17-4-9-25-24(14-17)26(31-16-30-25)32-21-5-6-21/h1-4,9-14,16,21,23H,5-8,15H2,(H,30,31,32). The molecular formula is C27H24FN5O. The maximum atomic E-state index is 13.7. The number of pyridine rings is 1. The van der Waals surface area contributed by atoms with E-state index in [0.717, 1.165) is 46.4 Å². The Morgan fingerprint density at radius 3 is 2.62 bits per heavy atom. The predicted molar refractivity (Wildman–Crippen MR) is 129 cm³/mol. The summed E-state index contributed by atoms with van der Waals surface area (Å²) in [6.07, 6.45) is 7.64. The summed E-state index contributed by atoms with van der Waals surface area (Å²) in [5, 5.41) is 4.48. The third-order valence-corrected chi connectivity index (χ3v) is 6.36. The number of carbonyl (C=O) groups excluding carboxylic acids is 1. The van der Waals surface area contributed by atoms with Gasteiger partial charge in [0.1, 0.15) is 18.0 Å². The Balaban J connectivity index is 1.29. The van der Waals surface area contributed by atoms with Crippen LogP contribution in [0.15, 0.2) is 67.1 Å². The summed E-state index contributed by atoms with van der Waals surface area (Å²) in [6, 6.07) is 16.7. The van der Waals surface area contributed by atoms with E-state index in [4.69, 9.17) is 0 Å². The normalized spacial score (nSPS) is 15.3. The first kappa shape index (κ1) is 20.7. The number of nitrogens with zero attached hydrogens (tertiary/aromatic N) is 4. The van der Waals surface area contributed by atoms with Crippen LogP contribution in [0.5, 0.6) is 0 Å². The van der Waals surface area contributed by atoms with Gasteiger partial charge in [-0.05, 0) is 79.3 Å². The fourth-order valence-electron chi connectivity index (χ4n) is 4.23. The Labute approximate surface area is 196 Å². The first-order valence-corrected chi connectivity index (χ1v) is 11.7. The number of hydrogen-bond donors (Lipinski definition) is 1. The molecule has 1 N–H and O–H groups in total. The number of benzene rings is 2. The van der Waals surface area contributed by atoms with Gasteiger partial charge in [0.05, 0.1) is 17.8 Å². The van der Waals surface area contributed by atoms with Crippen molar-refractivity contribution in [2.45, 2.75) is 44.3 Å². The first-order chi connectivity index (χ1) is 16.6. The van der Waals surface area contributed by atoms with Gasteiger partial charge >= 0.3 is 0 Å². The fraction of sp³-hybridized carbons (Fsp3) is 0.259. The van der Waals surface area contributed by atoms with Crippen molar-refractivity contribution in [1.82, 2.24) is 19.9 Å². The van der Waals surface area contributed by atoms with Gasteiger partial charge in [-0.2, -0.15) is 0 Å². The van der Waals surface area contributed by atoms with E-state index < -0.39 is 5.82 Å². The van der Waals surface area contributed by atoms with Crippen LogP contribution in [-0.4, -0.2) is 37.8 Å². The van der Waals surface area contributed by atoms with E-state index in [2.05, 4.69) is 26.3 Å². The number of anilines is 1. The lowest BCUT2D eigenvalue weighted by atomic mass is 10.0. The van der Waals surface area contributed by atoms with Crippen LogP contribution < -0.4 is 5.32 Å². The summed E-state index contributed by atoms with van der Waals surface area (Å²) >= 11 is 0. The second kappa shape index (κ2) is 8.48. The Morgan fingerprint density at radius 1 is 0.971 bits per heavy atom. The minimum Gasteiger partial charge on any atom is -0.367 e. The fourth-order valence-corrected chi connectivity index (χ4v) is 4.23. The zero-order chi connectivity index (χ0) is 23.1. The first-order valence-electron chi connectivity index (χ1n) is 11.7. The molecule has 7 heteroatoms. The van der Waals surface area contributed by atoms with Crippen molar-refractivity contribution < 1.29 is 9.18 Å². The van der Waals surface area contributed by atoms with Crippen LogP contribution in [0.4, 0.5) is 10.2 Å². The van der Waals surface area contributed by atoms with Gasteiger partial charge in [0, 0.05) is 29.2 Å². The lowest BCUT2D eigenvalue weighted by molar-refractivity contribution is 0.0727. The Morgan fingerprint density at radius 2 is 1.82 bits per heavy atom. The highest BCUT2D eigenvalue weighted by Crippen LogP contribution is 2.32. The molecule has 6 rings (SSSR count). The van der Waals surface area contributed by atoms with E-state index in [0.29, 0.717) is 18.2 Å². The third-order valence-electron chi connectivity index (χ3n) is 6.36. The monoisotopic (exact) mass is 453 g/mol. The maximum absolute atomic E-state index is 13.7. The molecule has 0 radical (unpaired) electrons. The predicted octanol–water partition coefficient (Wildman–Crippen LogP) is 5.21. The molecule has 1 amide bonds. The minimum atomic E-state index is -0.405. The van der Waals surface area contributed by atoms with Crippen LogP contribution in [0, 0.1) is 5.82 Å². The summed E-state index contributed by atoms with van der Waals surface area (Å²) in [5.74, 6) is 0.301. The highest BCUT2D eigenvalue weighted by atomic mass is 19.1. The Hall–Kier alpha value is -3.87. The molecule has 34 heavy (non-hydrogen) atoms. The zero-order valence-corrected chi connectivity index (χ0v) is 18.6. The summed E-state index contributed by atoms with van der Waals surface area (Å²) < 4.78 is 13.7. The molecule has 2 aliphatic rings. The zero-order valence-electron chi connectivity index (χ0n) is 18.6. The van der Waals surface area contributed by atoms with Crippen LogP contribution >= 0.6 is 0 Å². The van der Waals surface area contributed by atoms with Crippen molar-refractivity contribution in [2.24, 2.45) is 0 Å². The van der Waals surface area contributed by atoms with Crippen LogP contribution in [0.25, 0.3) is 22.0 Å². The van der Waals surface area contributed by atoms with Crippen molar-refractivity contribution in [3.05, 3.63) is 84.2 Å². The van der Waals surface area contributed by atoms with Crippen molar-refractivity contribution in [3.63, 3.8) is 0 Å². The molecule has 0 bridgehead atoms. The number of aromatic nitrogens is 3. The highest BCUT2D eigenvalue weighted by molar-refractivity contribution is 5.95. The van der Waals surface area contributed by atoms with Crippen LogP contribution in [-0.2, 0) is 6.54 Å². The van der Waals surface area contributed by atoms with Gasteiger partial charge < -0.3 is 10.2 Å². The van der Waals surface area contributed by atoms with Crippen molar-refractivity contribution in [1.29, 1.82) is 0 Å². The van der Waals surface area contributed by atoms with E-state index in [1.165, 1.54) is 25.0 Å². The number of amides is 1. The van der Waals surface area contributed by atoms with E-state index >= 15 is 0 Å². The molecule has 4 aromatic rings. The molecule has 2 aliphatic carbocycles. The van der Waals surface area contributed by atoms with Crippen LogP contribution in [0.1, 0.15) is 41.7 Å². The summed E-state index contributed by atoms with van der Waals surface area (Å²) in [6.45, 7) is 0.388. The SMILES string of the molecule is O=C(c1cccc(F)c1)N(Cc1cc(-c2ccc3ncnc(NC4CC4)c3c2)ccn1)C1CC1. The Bertz CT molecular complexity index is 1380. The molecule has 0 atom stereocenters. The minimum absolute atomic E-state index is 0.159. The lowest BCUT2D eigenvalue weighted by Crippen LogP contribution is -2.33. The number of rotatable bonds is 7. The lowest BCUT2D eigenvalue weighted by Gasteiger charge is -2.22. The second-order valence-electron chi connectivity index (χ2n) is 9.08. The van der Waals surface area contributed by atoms with E-state index in [1.54, 1.807) is 24.7 Å². The number of fused-ring (bicyclic) bond motifs is 1. The quantitative estimate of drug-likeness (QED) is 0.416. The van der Waals surface area contributed by atoms with Gasteiger partial charge in [0.15, 0.2) is 0 Å². The van der Waals surface area contributed by atoms with Crippen molar-refractivity contribution in [3.8, 4) is 11.1 Å². The summed E-state index contributed by atoms with van der Waals surface area (Å²) in [4.78, 5) is 28.3. The molecule has 0 spiro atoms. The molecule has 2 aromatic carbocycles. The molecular weight excluding hydrogens is 429 g/mol. The van der Waals surface area contributed by atoms with Gasteiger partial charge in [-0.3, -0.25) is 9.78 Å². The van der Waals surface area contributed by atoms with Gasteiger partial charge in [-0.1, -0.05) is 12.1 Å². The second-order valence-corrected chi connectivity index (χ2v) is 9.08. The van der Waals surface area contributed by atoms with E-state index in [1.807, 2.05) is 29.2 Å². The number of halogens is 1. The van der Waals surface area contributed by atoms with Gasteiger partial charge in [0.25, 0.3) is 5.91 Å². The van der Waals surface area contributed by atoms with Gasteiger partial charge in [0.2, 0.25) is 0 Å². The van der Waals surface area contributed by atoms with Gasteiger partial charge in [-0.15, -0.1) is 0 Å². The molecule has 0 aliphatic heterocycles. The van der Waals surface area contributed by atoms with Crippen molar-refractivity contribution >= 4 is 22.6 Å². The van der Waals surface area contributed by atoms with E-state index in [9.17, 15) is 9.18 Å². The third kappa shape index (κ3) is 4.33. The average molecular weight is 454 g/mol. The molecule has 2 saturated carbocycles. The average Bonchev–Trinajstić information content (AvgIpc) is 3.78. The highest BCUT2D eigenvalue weighted by Gasteiger charge is 2.33. The number of nitrogens with one attached hydrogen (secondary N) is 1. The molecule has 0 unspecified atom stereocenters. The van der Waals surface area contributed by atoms with Crippen LogP contribution in [0.2, 0.25) is 0 Å². The molecule has 2 fully saturated rings. The number of hydrogen-bond acceptors (Lipinski definition) is 5. The smallest absolute Gasteiger partial charge is 0.254 e. The molecule has 170 valence electrons. The van der Waals surface area contributed by atoms with E-state index in [-0.39, 0.29) is 11.9 Å².